The summed E-state index contributed by atoms with van der Waals surface area (Å²) >= 11 is -6.32. The Bertz CT molecular complexity index is 907. The fourth-order valence-electron chi connectivity index (χ4n) is 2.25. The molecule has 152 valence electrons. The van der Waals surface area contributed by atoms with E-state index < -0.39 is 45.1 Å². The number of rotatable bonds is 5. The minimum atomic E-state index is -6.32. The first-order valence-corrected chi connectivity index (χ1v) is 13.3. The Morgan fingerprint density at radius 2 is 1.33 bits per heavy atom. The Labute approximate surface area is 161 Å². The van der Waals surface area contributed by atoms with Gasteiger partial charge in [0.15, 0.2) is 0 Å². The first-order valence-electron chi connectivity index (χ1n) is 7.84. The zero-order valence-corrected chi connectivity index (χ0v) is 18.1. The molecule has 0 aliphatic carbocycles. The second-order valence-corrected chi connectivity index (χ2v) is 15.7. The summed E-state index contributed by atoms with van der Waals surface area (Å²) in [6, 6.07) is 9.75. The molecule has 1 atom stereocenters. The number of hydrogen-bond donors (Lipinski definition) is 0. The van der Waals surface area contributed by atoms with Gasteiger partial charge < -0.3 is 0 Å². The van der Waals surface area contributed by atoms with Crippen LogP contribution in [0.25, 0.3) is 0 Å². The molecule has 0 saturated heterocycles. The van der Waals surface area contributed by atoms with Crippen molar-refractivity contribution in [1.82, 2.24) is 0 Å². The molecule has 0 radical (unpaired) electrons. The predicted molar refractivity (Wildman–Crippen MR) is 91.1 cm³/mol. The molecule has 0 spiro atoms. The quantitative estimate of drug-likeness (QED) is 0.342. The normalized spacial score (nSPS) is 16.4. The maximum atomic E-state index is 15.9. The van der Waals surface area contributed by atoms with Gasteiger partial charge in [0.05, 0.1) is 0 Å². The van der Waals surface area contributed by atoms with E-state index in [0.717, 1.165) is 24.3 Å². The van der Waals surface area contributed by atoms with Crippen molar-refractivity contribution in [2.75, 3.05) is 0 Å². The van der Waals surface area contributed by atoms with Gasteiger partial charge in [0.25, 0.3) is 0 Å². The van der Waals surface area contributed by atoms with E-state index in [0.29, 0.717) is 11.3 Å². The summed E-state index contributed by atoms with van der Waals surface area (Å²) in [6.07, 6.45) is 0. The number of alkyl halides is 3. The van der Waals surface area contributed by atoms with Crippen LogP contribution in [0.3, 0.4) is 0 Å². The van der Waals surface area contributed by atoms with Crippen molar-refractivity contribution < 1.29 is 48.4 Å². The van der Waals surface area contributed by atoms with Crippen LogP contribution < -0.4 is 23.7 Å². The fourth-order valence-corrected chi connectivity index (χ4v) is 10.8. The second-order valence-electron chi connectivity index (χ2n) is 6.86. The van der Waals surface area contributed by atoms with Crippen LogP contribution in [0.5, 0.6) is 5.75 Å². The summed E-state index contributed by atoms with van der Waals surface area (Å²) in [5.41, 5.74) is 0.124. The minimum absolute atomic E-state index is 0.312. The molecule has 1 unspecified atom stereocenters. The topological polar surface area (TPSA) is 66.4 Å². The van der Waals surface area contributed by atoms with Gasteiger partial charge in [-0.15, -0.1) is 0 Å². The van der Waals surface area contributed by atoms with E-state index in [1.54, 1.807) is 27.7 Å². The molecule has 0 amide bonds. The van der Waals surface area contributed by atoms with Crippen molar-refractivity contribution >= 4 is 10.1 Å². The number of aryl methyl sites for hydroxylation is 1. The molecule has 0 heterocycles. The van der Waals surface area contributed by atoms with Crippen molar-refractivity contribution in [2.24, 2.45) is 0 Å². The SMILES string of the molecule is Cc1ccc([I-](F)(c2ccc(OC(C)(C)C)cc2)C(F)(F)S(=O)(=O)[O-])cc1. The first-order chi connectivity index (χ1) is 12.2. The van der Waals surface area contributed by atoms with Crippen LogP contribution in [0.4, 0.5) is 11.6 Å². The third-order valence-corrected chi connectivity index (χ3v) is 13.6. The molecule has 2 aromatic carbocycles. The molecule has 0 bridgehead atoms. The molecule has 0 fully saturated rings. The van der Waals surface area contributed by atoms with Gasteiger partial charge in [-0.25, -0.2) is 0 Å². The summed E-state index contributed by atoms with van der Waals surface area (Å²) < 4.78 is 78.4. The number of halogens is 4. The third kappa shape index (κ3) is 4.40. The Morgan fingerprint density at radius 1 is 0.926 bits per heavy atom. The molecule has 0 aliphatic rings. The molecule has 4 nitrogen and oxygen atoms in total. The van der Waals surface area contributed by atoms with Crippen LogP contribution in [0.15, 0.2) is 48.5 Å². The van der Waals surface area contributed by atoms with Gasteiger partial charge in [-0.1, -0.05) is 0 Å². The van der Waals surface area contributed by atoms with Crippen LogP contribution in [0.2, 0.25) is 0 Å². The van der Waals surface area contributed by atoms with Gasteiger partial charge in [-0.05, 0) is 0 Å². The molecule has 2 aromatic rings. The monoisotopic (exact) mass is 516 g/mol. The van der Waals surface area contributed by atoms with E-state index >= 15 is 2.86 Å². The van der Waals surface area contributed by atoms with E-state index in [-0.39, 0.29) is 0 Å². The van der Waals surface area contributed by atoms with E-state index in [1.807, 2.05) is 0 Å². The maximum absolute atomic E-state index is 15.9. The molecular weight excluding hydrogens is 496 g/mol. The first kappa shape index (κ1) is 22.0. The van der Waals surface area contributed by atoms with E-state index in [1.165, 1.54) is 24.3 Å². The Morgan fingerprint density at radius 3 is 1.70 bits per heavy atom. The average molecular weight is 516 g/mol. The van der Waals surface area contributed by atoms with Crippen molar-refractivity contribution in [1.29, 1.82) is 0 Å². The Hall–Kier alpha value is -1.33. The van der Waals surface area contributed by atoms with Crippen LogP contribution in [0, 0.1) is 14.1 Å². The molecular formula is C18H20F3IO4S-2. The van der Waals surface area contributed by atoms with Gasteiger partial charge in [-0.2, -0.15) is 0 Å². The van der Waals surface area contributed by atoms with Gasteiger partial charge in [0.2, 0.25) is 0 Å². The number of ether oxygens (including phenoxy) is 1. The summed E-state index contributed by atoms with van der Waals surface area (Å²) in [6.45, 7) is 7.02. The predicted octanol–water partition coefficient (Wildman–Crippen LogP) is 1.35. The van der Waals surface area contributed by atoms with E-state index in [4.69, 9.17) is 4.74 Å². The van der Waals surface area contributed by atoms with Crippen molar-refractivity contribution in [3.05, 3.63) is 61.2 Å². The molecule has 0 aliphatic heterocycles. The van der Waals surface area contributed by atoms with Gasteiger partial charge in [0.1, 0.15) is 0 Å². The van der Waals surface area contributed by atoms with Gasteiger partial charge in [0, 0.05) is 0 Å². The molecule has 2 rings (SSSR count). The van der Waals surface area contributed by atoms with E-state index in [2.05, 4.69) is 0 Å². The summed E-state index contributed by atoms with van der Waals surface area (Å²) in [4.78, 5) is 0. The molecule has 27 heavy (non-hydrogen) atoms. The Kier molecular flexibility index (Phi) is 5.90. The third-order valence-electron chi connectivity index (χ3n) is 3.44. The van der Waals surface area contributed by atoms with Gasteiger partial charge >= 0.3 is 162 Å². The van der Waals surface area contributed by atoms with Crippen molar-refractivity contribution in [3.8, 4) is 5.75 Å². The van der Waals surface area contributed by atoms with Crippen molar-refractivity contribution in [3.63, 3.8) is 0 Å². The fraction of sp³-hybridized carbons (Fsp3) is 0.333. The molecule has 9 heteroatoms. The number of benzene rings is 2. The Balaban J connectivity index is 2.65. The van der Waals surface area contributed by atoms with Crippen LogP contribution in [-0.2, 0) is 10.1 Å². The van der Waals surface area contributed by atoms with Crippen LogP contribution in [0.1, 0.15) is 26.3 Å². The molecule has 0 N–H and O–H groups in total. The van der Waals surface area contributed by atoms with E-state index in [9.17, 15) is 21.8 Å². The number of hydrogen-bond acceptors (Lipinski definition) is 4. The standard InChI is InChI=1S/C18H21F3IO4S/c1-13-5-7-14(8-6-13)22(21,18(19,20)27(23,24)25)15-9-11-16(12-10-15)26-17(2,3)4/h5-12H,1-4H3,(H,23,24,25)/q-1/p-1. The molecule has 0 saturated carbocycles. The summed E-state index contributed by atoms with van der Waals surface area (Å²) in [5, 5.41) is 0. The average Bonchev–Trinajstić information content (AvgIpc) is 2.52. The summed E-state index contributed by atoms with van der Waals surface area (Å²) in [7, 11) is -6.21. The van der Waals surface area contributed by atoms with Crippen LogP contribution in [-0.4, -0.2) is 21.8 Å². The van der Waals surface area contributed by atoms with Gasteiger partial charge in [-0.3, -0.25) is 0 Å². The van der Waals surface area contributed by atoms with Crippen LogP contribution >= 0.6 is 0 Å². The zero-order chi connectivity index (χ0) is 20.7. The summed E-state index contributed by atoms with van der Waals surface area (Å²) in [5.74, 6) is 0.312. The zero-order valence-electron chi connectivity index (χ0n) is 15.2. The second kappa shape index (κ2) is 7.25. The van der Waals surface area contributed by atoms with Crippen molar-refractivity contribution in [2.45, 2.75) is 36.6 Å². The molecule has 0 aromatic heterocycles.